The first kappa shape index (κ1) is 16.0. The van der Waals surface area contributed by atoms with Crippen molar-refractivity contribution in [3.8, 4) is 5.75 Å². The number of benzene rings is 1. The number of nitrogens with zero attached hydrogens (tertiary/aromatic N) is 2. The summed E-state index contributed by atoms with van der Waals surface area (Å²) < 4.78 is 18.7. The number of carbonyl (C=O) groups excluding carboxylic acids is 1. The van der Waals surface area contributed by atoms with Crippen molar-refractivity contribution in [2.75, 3.05) is 13.2 Å². The van der Waals surface area contributed by atoms with E-state index in [1.54, 1.807) is 18.5 Å². The van der Waals surface area contributed by atoms with Gasteiger partial charge in [0.15, 0.2) is 0 Å². The maximum absolute atomic E-state index is 13.2. The summed E-state index contributed by atoms with van der Waals surface area (Å²) in [5, 5.41) is 6.26. The molecule has 1 fully saturated rings. The quantitative estimate of drug-likeness (QED) is 0.889. The van der Waals surface area contributed by atoms with Gasteiger partial charge < -0.3 is 15.4 Å². The number of ether oxygens (including phenoxy) is 1. The van der Waals surface area contributed by atoms with Crippen LogP contribution in [0.2, 0.25) is 0 Å². The van der Waals surface area contributed by atoms with Gasteiger partial charge in [0.25, 0.3) is 5.91 Å². The van der Waals surface area contributed by atoms with E-state index in [0.717, 1.165) is 30.8 Å². The zero-order valence-corrected chi connectivity index (χ0v) is 13.7. The molecule has 4 rings (SSSR count). The average Bonchev–Trinajstić information content (AvgIpc) is 3.17. The molecule has 2 atom stereocenters. The van der Waals surface area contributed by atoms with Crippen LogP contribution in [0.4, 0.5) is 4.39 Å². The predicted molar refractivity (Wildman–Crippen MR) is 88.9 cm³/mol. The summed E-state index contributed by atoms with van der Waals surface area (Å²) in [7, 11) is 0. The number of hydrogen-bond acceptors (Lipinski definition) is 5. The Balaban J connectivity index is 1.39. The van der Waals surface area contributed by atoms with Gasteiger partial charge in [0, 0.05) is 18.5 Å². The summed E-state index contributed by atoms with van der Waals surface area (Å²) >= 11 is 0. The number of aromatic nitrogens is 2. The van der Waals surface area contributed by atoms with Gasteiger partial charge in [-0.05, 0) is 37.4 Å². The Morgan fingerprint density at radius 1 is 1.32 bits per heavy atom. The minimum Gasteiger partial charge on any atom is -0.491 e. The monoisotopic (exact) mass is 342 g/mol. The molecule has 2 aromatic rings. The molecule has 1 aromatic carbocycles. The minimum absolute atomic E-state index is 0.165. The van der Waals surface area contributed by atoms with E-state index in [9.17, 15) is 9.18 Å². The molecule has 1 saturated heterocycles. The van der Waals surface area contributed by atoms with Gasteiger partial charge >= 0.3 is 0 Å². The van der Waals surface area contributed by atoms with Crippen LogP contribution in [0.3, 0.4) is 0 Å². The number of amides is 1. The number of nitrogens with one attached hydrogen (secondary N) is 2. The lowest BCUT2D eigenvalue weighted by Crippen LogP contribution is -2.42. The molecule has 0 saturated carbocycles. The summed E-state index contributed by atoms with van der Waals surface area (Å²) in [6.45, 7) is 1.29. The Morgan fingerprint density at radius 2 is 2.16 bits per heavy atom. The van der Waals surface area contributed by atoms with E-state index >= 15 is 0 Å². The van der Waals surface area contributed by atoms with Gasteiger partial charge in [-0.15, -0.1) is 0 Å². The SMILES string of the molecule is O=C(NC1COc2cc(F)ccc2C1)c1cnc(C2CCCN2)nc1. The second kappa shape index (κ2) is 6.76. The summed E-state index contributed by atoms with van der Waals surface area (Å²) in [6, 6.07) is 4.48. The van der Waals surface area contributed by atoms with Crippen molar-refractivity contribution >= 4 is 5.91 Å². The van der Waals surface area contributed by atoms with Gasteiger partial charge in [-0.25, -0.2) is 14.4 Å². The minimum atomic E-state index is -0.324. The second-order valence-electron chi connectivity index (χ2n) is 6.42. The van der Waals surface area contributed by atoms with Gasteiger partial charge in [-0.2, -0.15) is 0 Å². The summed E-state index contributed by atoms with van der Waals surface area (Å²) in [4.78, 5) is 21.0. The molecule has 0 radical (unpaired) electrons. The smallest absolute Gasteiger partial charge is 0.254 e. The standard InChI is InChI=1S/C18H19FN4O2/c19-13-4-3-11-6-14(10-25-16(11)7-13)23-18(24)12-8-21-17(22-9-12)15-2-1-5-20-15/h3-4,7-9,14-15,20H,1-2,5-6,10H2,(H,23,24). The van der Waals surface area contributed by atoms with Crippen LogP contribution in [0.25, 0.3) is 0 Å². The van der Waals surface area contributed by atoms with Crippen LogP contribution < -0.4 is 15.4 Å². The van der Waals surface area contributed by atoms with Gasteiger partial charge in [0.2, 0.25) is 0 Å². The van der Waals surface area contributed by atoms with Crippen molar-refractivity contribution in [2.24, 2.45) is 0 Å². The molecule has 2 aliphatic rings. The molecular formula is C18H19FN4O2. The van der Waals surface area contributed by atoms with E-state index in [0.29, 0.717) is 24.3 Å². The molecular weight excluding hydrogens is 323 g/mol. The Bertz CT molecular complexity index is 775. The molecule has 2 N–H and O–H groups in total. The highest BCUT2D eigenvalue weighted by Crippen LogP contribution is 2.25. The molecule has 3 heterocycles. The first-order chi connectivity index (χ1) is 12.2. The summed E-state index contributed by atoms with van der Waals surface area (Å²) in [6.07, 6.45) is 5.86. The van der Waals surface area contributed by atoms with Crippen molar-refractivity contribution in [2.45, 2.75) is 31.3 Å². The molecule has 130 valence electrons. The zero-order chi connectivity index (χ0) is 17.2. The van der Waals surface area contributed by atoms with Gasteiger partial charge in [0.1, 0.15) is 24.0 Å². The lowest BCUT2D eigenvalue weighted by atomic mass is 10.0. The van der Waals surface area contributed by atoms with Crippen molar-refractivity contribution in [1.82, 2.24) is 20.6 Å². The highest BCUT2D eigenvalue weighted by Gasteiger charge is 2.23. The van der Waals surface area contributed by atoms with Crippen molar-refractivity contribution in [1.29, 1.82) is 0 Å². The summed E-state index contributed by atoms with van der Waals surface area (Å²) in [5.74, 6) is 0.716. The number of hydrogen-bond donors (Lipinski definition) is 2. The Morgan fingerprint density at radius 3 is 2.92 bits per heavy atom. The van der Waals surface area contributed by atoms with Gasteiger partial charge in [-0.3, -0.25) is 4.79 Å². The first-order valence-electron chi connectivity index (χ1n) is 8.46. The fourth-order valence-electron chi connectivity index (χ4n) is 3.25. The van der Waals surface area contributed by atoms with Gasteiger partial charge in [0.05, 0.1) is 17.6 Å². The third-order valence-electron chi connectivity index (χ3n) is 4.58. The lowest BCUT2D eigenvalue weighted by Gasteiger charge is -2.26. The maximum atomic E-state index is 13.2. The number of fused-ring (bicyclic) bond motifs is 1. The van der Waals surface area contributed by atoms with Crippen LogP contribution in [-0.4, -0.2) is 35.1 Å². The topological polar surface area (TPSA) is 76.1 Å². The second-order valence-corrected chi connectivity index (χ2v) is 6.42. The van der Waals surface area contributed by atoms with Crippen LogP contribution in [0, 0.1) is 5.82 Å². The number of rotatable bonds is 3. The molecule has 6 nitrogen and oxygen atoms in total. The Kier molecular flexibility index (Phi) is 4.31. The fourth-order valence-corrected chi connectivity index (χ4v) is 3.25. The molecule has 25 heavy (non-hydrogen) atoms. The molecule has 0 spiro atoms. The number of carbonyl (C=O) groups is 1. The van der Waals surface area contributed by atoms with Crippen LogP contribution in [0.15, 0.2) is 30.6 Å². The molecule has 7 heteroatoms. The maximum Gasteiger partial charge on any atom is 0.254 e. The predicted octanol–water partition coefficient (Wildman–Crippen LogP) is 1.77. The Labute approximate surface area is 144 Å². The molecule has 1 aromatic heterocycles. The van der Waals surface area contributed by atoms with E-state index in [-0.39, 0.29) is 23.8 Å². The van der Waals surface area contributed by atoms with Crippen LogP contribution in [0.1, 0.15) is 40.6 Å². The van der Waals surface area contributed by atoms with Crippen molar-refractivity contribution in [3.05, 3.63) is 53.4 Å². The normalized spacial score (nSPS) is 22.1. The fraction of sp³-hybridized carbons (Fsp3) is 0.389. The summed E-state index contributed by atoms with van der Waals surface area (Å²) in [5.41, 5.74) is 1.31. The van der Waals surface area contributed by atoms with E-state index in [4.69, 9.17) is 4.74 Å². The highest BCUT2D eigenvalue weighted by atomic mass is 19.1. The van der Waals surface area contributed by atoms with Gasteiger partial charge in [-0.1, -0.05) is 6.07 Å². The number of halogens is 1. The third-order valence-corrected chi connectivity index (χ3v) is 4.58. The highest BCUT2D eigenvalue weighted by molar-refractivity contribution is 5.93. The van der Waals surface area contributed by atoms with Crippen LogP contribution in [0.5, 0.6) is 5.75 Å². The first-order valence-corrected chi connectivity index (χ1v) is 8.46. The van der Waals surface area contributed by atoms with E-state index in [1.165, 1.54) is 12.1 Å². The van der Waals surface area contributed by atoms with Crippen molar-refractivity contribution < 1.29 is 13.9 Å². The van der Waals surface area contributed by atoms with Crippen molar-refractivity contribution in [3.63, 3.8) is 0 Å². The zero-order valence-electron chi connectivity index (χ0n) is 13.7. The molecule has 0 bridgehead atoms. The average molecular weight is 342 g/mol. The molecule has 0 aliphatic carbocycles. The van der Waals surface area contributed by atoms with Crippen LogP contribution >= 0.6 is 0 Å². The van der Waals surface area contributed by atoms with E-state index in [1.807, 2.05) is 0 Å². The molecule has 2 aliphatic heterocycles. The molecule has 1 amide bonds. The van der Waals surface area contributed by atoms with Crippen LogP contribution in [-0.2, 0) is 6.42 Å². The third kappa shape index (κ3) is 3.46. The van der Waals surface area contributed by atoms with E-state index < -0.39 is 0 Å². The lowest BCUT2D eigenvalue weighted by molar-refractivity contribution is 0.0914. The largest absolute Gasteiger partial charge is 0.491 e. The Hall–Kier alpha value is -2.54. The molecule has 2 unspecified atom stereocenters. The van der Waals surface area contributed by atoms with E-state index in [2.05, 4.69) is 20.6 Å².